The molecule has 1 amide bonds. The molecule has 1 aromatic carbocycles. The van der Waals surface area contributed by atoms with E-state index in [1.54, 1.807) is 19.1 Å². The number of aromatic nitrogens is 2. The summed E-state index contributed by atoms with van der Waals surface area (Å²) in [4.78, 5) is 24.2. The van der Waals surface area contributed by atoms with Gasteiger partial charge in [0.05, 0.1) is 16.1 Å². The van der Waals surface area contributed by atoms with Crippen molar-refractivity contribution in [3.8, 4) is 0 Å². The number of carbonyl (C=O) groups excluding carboxylic acids is 1. The smallest absolute Gasteiger partial charge is 0.271 e. The Hall–Kier alpha value is -2.23. The van der Waals surface area contributed by atoms with Crippen LogP contribution in [0.5, 0.6) is 0 Å². The highest BCUT2D eigenvalue weighted by atomic mass is 35.5. The summed E-state index contributed by atoms with van der Waals surface area (Å²) in [6, 6.07) is 4.50. The van der Waals surface area contributed by atoms with Crippen molar-refractivity contribution in [2.24, 2.45) is 0 Å². The Morgan fingerprint density at radius 3 is 2.64 bits per heavy atom. The molecule has 0 aliphatic carbocycles. The van der Waals surface area contributed by atoms with Crippen LogP contribution in [0.3, 0.4) is 0 Å². The lowest BCUT2D eigenvalue weighted by atomic mass is 10.2. The van der Waals surface area contributed by atoms with Crippen molar-refractivity contribution in [1.29, 1.82) is 0 Å². The number of rotatable bonds is 5. The van der Waals surface area contributed by atoms with Gasteiger partial charge in [0.1, 0.15) is 6.54 Å². The van der Waals surface area contributed by atoms with Crippen LogP contribution in [0.25, 0.3) is 0 Å². The topological polar surface area (TPSA) is 110 Å². The van der Waals surface area contributed by atoms with Crippen LogP contribution in [0.2, 0.25) is 5.02 Å². The molecule has 1 heterocycles. The zero-order valence-corrected chi connectivity index (χ0v) is 15.4. The van der Waals surface area contributed by atoms with E-state index in [4.69, 9.17) is 11.6 Å². The third-order valence-electron chi connectivity index (χ3n) is 3.55. The Morgan fingerprint density at radius 2 is 2.00 bits per heavy atom. The molecule has 0 saturated carbocycles. The minimum Gasteiger partial charge on any atom is -0.324 e. The van der Waals surface area contributed by atoms with E-state index in [0.717, 1.165) is 4.68 Å². The number of nitrogens with one attached hydrogen (secondary N) is 2. The lowest BCUT2D eigenvalue weighted by Crippen LogP contribution is -2.30. The number of amides is 1. The third-order valence-corrected chi connectivity index (χ3v) is 5.48. The zero-order valence-electron chi connectivity index (χ0n) is 13.8. The number of sulfonamides is 1. The number of carbonyl (C=O) groups is 1. The normalized spacial score (nSPS) is 11.4. The van der Waals surface area contributed by atoms with Crippen LogP contribution in [-0.2, 0) is 21.4 Å². The van der Waals surface area contributed by atoms with E-state index >= 15 is 0 Å². The first-order valence-electron chi connectivity index (χ1n) is 7.22. The summed E-state index contributed by atoms with van der Waals surface area (Å²) in [5.74, 6) is -0.520. The van der Waals surface area contributed by atoms with Gasteiger partial charge in [0.2, 0.25) is 15.9 Å². The Balaban J connectivity index is 2.23. The highest BCUT2D eigenvalue weighted by Gasteiger charge is 2.16. The average molecular weight is 385 g/mol. The summed E-state index contributed by atoms with van der Waals surface area (Å²) in [5, 5.41) is 6.59. The molecule has 2 N–H and O–H groups in total. The fourth-order valence-corrected chi connectivity index (χ4v) is 3.21. The molecule has 0 unspecified atom stereocenters. The van der Waals surface area contributed by atoms with Gasteiger partial charge in [-0.15, -0.1) is 0 Å². The summed E-state index contributed by atoms with van der Waals surface area (Å²) >= 11 is 5.80. The van der Waals surface area contributed by atoms with Gasteiger partial charge in [-0.2, -0.15) is 5.10 Å². The molecule has 10 heteroatoms. The molecule has 0 spiro atoms. The van der Waals surface area contributed by atoms with Crippen LogP contribution in [-0.4, -0.2) is 31.2 Å². The van der Waals surface area contributed by atoms with Crippen LogP contribution in [0.1, 0.15) is 11.1 Å². The summed E-state index contributed by atoms with van der Waals surface area (Å²) in [5.41, 5.74) is 0.661. The summed E-state index contributed by atoms with van der Waals surface area (Å²) in [6.45, 7) is 2.87. The number of halogens is 1. The zero-order chi connectivity index (χ0) is 18.8. The molecular formula is C15H17ClN4O4S. The predicted octanol–water partition coefficient (Wildman–Crippen LogP) is 1.06. The van der Waals surface area contributed by atoms with Crippen LogP contribution in [0.15, 0.2) is 34.1 Å². The molecule has 2 aromatic rings. The van der Waals surface area contributed by atoms with Crippen molar-refractivity contribution in [3.63, 3.8) is 0 Å². The number of aryl methyl sites for hydroxylation is 1. The number of anilines is 1. The second-order valence-electron chi connectivity index (χ2n) is 5.32. The first-order valence-corrected chi connectivity index (χ1v) is 9.08. The number of hydrogen-bond donors (Lipinski definition) is 2. The Morgan fingerprint density at radius 1 is 1.32 bits per heavy atom. The largest absolute Gasteiger partial charge is 0.324 e. The van der Waals surface area contributed by atoms with Gasteiger partial charge >= 0.3 is 0 Å². The van der Waals surface area contributed by atoms with Gasteiger partial charge in [0.15, 0.2) is 0 Å². The van der Waals surface area contributed by atoms with E-state index in [1.807, 2.05) is 0 Å². The molecule has 8 nitrogen and oxygen atoms in total. The maximum atomic E-state index is 12.1. The Labute approximate surface area is 149 Å². The van der Waals surface area contributed by atoms with Crippen LogP contribution < -0.4 is 15.6 Å². The monoisotopic (exact) mass is 384 g/mol. The average Bonchev–Trinajstić information content (AvgIpc) is 2.57. The van der Waals surface area contributed by atoms with Gasteiger partial charge in [0, 0.05) is 11.3 Å². The van der Waals surface area contributed by atoms with Gasteiger partial charge < -0.3 is 5.32 Å². The van der Waals surface area contributed by atoms with Gasteiger partial charge in [-0.25, -0.2) is 17.8 Å². The first kappa shape index (κ1) is 19.1. The standard InChI is InChI=1S/C15H17ClN4O4S/c1-9-4-5-11(6-13(9)25(23,24)17-3)19-14(21)8-20-15(22)10(2)12(16)7-18-20/h4-7,17H,8H2,1-3H3,(H,19,21). The molecule has 0 bridgehead atoms. The molecule has 1 aromatic heterocycles. The molecule has 0 aliphatic rings. The lowest BCUT2D eigenvalue weighted by Gasteiger charge is -2.11. The first-order chi connectivity index (χ1) is 11.7. The molecule has 25 heavy (non-hydrogen) atoms. The summed E-state index contributed by atoms with van der Waals surface area (Å²) in [6.07, 6.45) is 1.29. The van der Waals surface area contributed by atoms with Crippen molar-refractivity contribution >= 4 is 33.2 Å². The van der Waals surface area contributed by atoms with Gasteiger partial charge in [-0.05, 0) is 38.6 Å². The van der Waals surface area contributed by atoms with E-state index in [1.165, 1.54) is 26.2 Å². The molecule has 134 valence electrons. The predicted molar refractivity (Wildman–Crippen MR) is 94.3 cm³/mol. The summed E-state index contributed by atoms with van der Waals surface area (Å²) in [7, 11) is -2.34. The van der Waals surface area contributed by atoms with E-state index in [2.05, 4.69) is 15.1 Å². The SMILES string of the molecule is CNS(=O)(=O)c1cc(NC(=O)Cn2ncc(Cl)c(C)c2=O)ccc1C. The lowest BCUT2D eigenvalue weighted by molar-refractivity contribution is -0.117. The van der Waals surface area contributed by atoms with Gasteiger partial charge in [-0.3, -0.25) is 9.59 Å². The minimum atomic E-state index is -3.65. The molecular weight excluding hydrogens is 368 g/mol. The molecule has 0 atom stereocenters. The van der Waals surface area contributed by atoms with Crippen LogP contribution in [0, 0.1) is 13.8 Å². The molecule has 0 aliphatic heterocycles. The minimum absolute atomic E-state index is 0.0606. The number of benzene rings is 1. The van der Waals surface area contributed by atoms with Gasteiger partial charge in [-0.1, -0.05) is 17.7 Å². The Bertz CT molecular complexity index is 986. The highest BCUT2D eigenvalue weighted by Crippen LogP contribution is 2.20. The molecule has 0 saturated heterocycles. The maximum absolute atomic E-state index is 12.1. The second-order valence-corrected chi connectivity index (χ2v) is 7.58. The Kier molecular flexibility index (Phi) is 5.61. The molecule has 0 radical (unpaired) electrons. The fourth-order valence-electron chi connectivity index (χ4n) is 2.09. The van der Waals surface area contributed by atoms with Crippen LogP contribution >= 0.6 is 11.6 Å². The molecule has 0 fully saturated rings. The van der Waals surface area contributed by atoms with Gasteiger partial charge in [0.25, 0.3) is 5.56 Å². The third kappa shape index (κ3) is 4.25. The number of hydrogen-bond acceptors (Lipinski definition) is 5. The van der Waals surface area contributed by atoms with Crippen molar-refractivity contribution < 1.29 is 13.2 Å². The quantitative estimate of drug-likeness (QED) is 0.800. The second kappa shape index (κ2) is 7.34. The van der Waals surface area contributed by atoms with E-state index < -0.39 is 21.5 Å². The van der Waals surface area contributed by atoms with E-state index in [9.17, 15) is 18.0 Å². The van der Waals surface area contributed by atoms with Crippen molar-refractivity contribution in [1.82, 2.24) is 14.5 Å². The van der Waals surface area contributed by atoms with E-state index in [-0.39, 0.29) is 16.5 Å². The summed E-state index contributed by atoms with van der Waals surface area (Å²) < 4.78 is 27.2. The molecule has 2 rings (SSSR count). The van der Waals surface area contributed by atoms with Crippen LogP contribution in [0.4, 0.5) is 5.69 Å². The number of nitrogens with zero attached hydrogens (tertiary/aromatic N) is 2. The fraction of sp³-hybridized carbons (Fsp3) is 0.267. The van der Waals surface area contributed by atoms with Crippen molar-refractivity contribution in [3.05, 3.63) is 50.9 Å². The highest BCUT2D eigenvalue weighted by molar-refractivity contribution is 7.89. The maximum Gasteiger partial charge on any atom is 0.271 e. The van der Waals surface area contributed by atoms with Crippen molar-refractivity contribution in [2.45, 2.75) is 25.3 Å². The van der Waals surface area contributed by atoms with Crippen molar-refractivity contribution in [2.75, 3.05) is 12.4 Å². The van der Waals surface area contributed by atoms with E-state index in [0.29, 0.717) is 16.8 Å².